The summed E-state index contributed by atoms with van der Waals surface area (Å²) in [6, 6.07) is 113. The van der Waals surface area contributed by atoms with Crippen molar-refractivity contribution in [2.24, 2.45) is 0 Å². The zero-order valence-corrected chi connectivity index (χ0v) is 85.4. The number of rotatable bonds is 4. The molecule has 0 radical (unpaired) electrons. The summed E-state index contributed by atoms with van der Waals surface area (Å²) < 4.78 is 7.45. The molecule has 0 saturated heterocycles. The van der Waals surface area contributed by atoms with E-state index in [4.69, 9.17) is 0 Å². The van der Waals surface area contributed by atoms with Crippen LogP contribution in [0.5, 0.6) is 0 Å². The van der Waals surface area contributed by atoms with E-state index in [-0.39, 0.29) is 0 Å². The van der Waals surface area contributed by atoms with Crippen molar-refractivity contribution in [2.45, 2.75) is 252 Å². The Morgan fingerprint density at radius 2 is 0.614 bits per heavy atom. The summed E-state index contributed by atoms with van der Waals surface area (Å²) in [6.07, 6.45) is 5.31. The molecule has 0 saturated carbocycles. The summed E-state index contributed by atoms with van der Waals surface area (Å²) in [5.74, 6) is 0.538. The van der Waals surface area contributed by atoms with E-state index in [0.29, 0.717) is 5.92 Å². The number of nitrogens with zero attached hydrogens (tertiary/aromatic N) is 3. The Bertz CT molecular complexity index is 7250. The molecule has 132 heavy (non-hydrogen) atoms. The minimum atomic E-state index is 0.538. The van der Waals surface area contributed by atoms with Gasteiger partial charge < -0.3 is 13.7 Å². The zero-order valence-electron chi connectivity index (χ0n) is 85.4. The predicted octanol–water partition coefficient (Wildman–Crippen LogP) is 40.0. The van der Waals surface area contributed by atoms with Crippen LogP contribution < -0.4 is 0 Å². The second-order valence-corrected chi connectivity index (χ2v) is 30.5. The van der Waals surface area contributed by atoms with Gasteiger partial charge in [-0.1, -0.05) is 446 Å². The van der Waals surface area contributed by atoms with Gasteiger partial charge in [0.15, 0.2) is 0 Å². The van der Waals surface area contributed by atoms with Crippen molar-refractivity contribution in [3.8, 4) is 55.6 Å². The molecule has 3 heterocycles. The third-order valence-corrected chi connectivity index (χ3v) is 25.3. The number of hydrogen-bond donors (Lipinski definition) is 0. The Labute approximate surface area is 793 Å². The summed E-state index contributed by atoms with van der Waals surface area (Å²) in [4.78, 5) is 0. The highest BCUT2D eigenvalue weighted by atomic mass is 15.0. The van der Waals surface area contributed by atoms with Crippen molar-refractivity contribution in [3.63, 3.8) is 0 Å². The minimum absolute atomic E-state index is 0.538. The van der Waals surface area contributed by atoms with Gasteiger partial charge in [0.05, 0.1) is 11.0 Å². The number of fused-ring (bicyclic) bond motifs is 38. The molecule has 5 aliphatic carbocycles. The van der Waals surface area contributed by atoms with Crippen molar-refractivity contribution in [1.82, 2.24) is 13.7 Å². The van der Waals surface area contributed by atoms with Gasteiger partial charge >= 0.3 is 0 Å². The first kappa shape index (κ1) is 102. The average molecular weight is 1740 g/mol. The van der Waals surface area contributed by atoms with Crippen molar-refractivity contribution >= 4 is 119 Å². The molecule has 682 valence electrons. The Morgan fingerprint density at radius 1 is 0.205 bits per heavy atom. The number of benzene rings is 17. The molecule has 3 heteroatoms. The number of para-hydroxylation sites is 2. The van der Waals surface area contributed by atoms with Gasteiger partial charge in [-0.2, -0.15) is 0 Å². The van der Waals surface area contributed by atoms with E-state index in [9.17, 15) is 0 Å². The van der Waals surface area contributed by atoms with Crippen molar-refractivity contribution in [3.05, 3.63) is 359 Å². The van der Waals surface area contributed by atoms with Gasteiger partial charge in [-0.25, -0.2) is 0 Å². The third-order valence-electron chi connectivity index (χ3n) is 25.3. The molecular formula is C129H151N3. The van der Waals surface area contributed by atoms with E-state index in [2.05, 4.69) is 345 Å². The fourth-order valence-corrected chi connectivity index (χ4v) is 20.9. The third kappa shape index (κ3) is 18.1. The van der Waals surface area contributed by atoms with Crippen LogP contribution in [0.2, 0.25) is 0 Å². The molecule has 0 bridgehead atoms. The smallest absolute Gasteiger partial charge is 0.0577 e. The van der Waals surface area contributed by atoms with Crippen LogP contribution in [0, 0.1) is 0 Å². The number of aryl methyl sites for hydroxylation is 3. The number of hydrogen-bond acceptors (Lipinski definition) is 0. The summed E-state index contributed by atoms with van der Waals surface area (Å²) in [6.45, 7) is 60.0. The van der Waals surface area contributed by atoms with Crippen LogP contribution >= 0.6 is 0 Å². The molecule has 3 nitrogen and oxygen atoms in total. The van der Waals surface area contributed by atoms with E-state index in [1.807, 2.05) is 166 Å². The van der Waals surface area contributed by atoms with Crippen molar-refractivity contribution in [2.75, 3.05) is 0 Å². The highest BCUT2D eigenvalue weighted by Gasteiger charge is 2.35. The lowest BCUT2D eigenvalue weighted by molar-refractivity contribution is 0.797. The molecule has 1 atom stereocenters. The minimum Gasteiger partial charge on any atom is -0.341 e. The van der Waals surface area contributed by atoms with Crippen LogP contribution in [0.25, 0.3) is 175 Å². The van der Waals surface area contributed by atoms with Gasteiger partial charge in [0.25, 0.3) is 0 Å². The number of aromatic nitrogens is 3. The van der Waals surface area contributed by atoms with Crippen LogP contribution in [-0.4, -0.2) is 13.7 Å². The lowest BCUT2D eigenvalue weighted by Crippen LogP contribution is -1.96. The van der Waals surface area contributed by atoms with Gasteiger partial charge in [0.1, 0.15) is 0 Å². The molecule has 25 rings (SSSR count). The summed E-state index contributed by atoms with van der Waals surface area (Å²) in [7, 11) is 0. The Hall–Kier alpha value is -12.6. The molecular weight excluding hydrogens is 1590 g/mol. The van der Waals surface area contributed by atoms with E-state index in [1.165, 1.54) is 231 Å². The first-order chi connectivity index (χ1) is 65.4. The van der Waals surface area contributed by atoms with Crippen LogP contribution in [0.4, 0.5) is 0 Å². The monoisotopic (exact) mass is 1740 g/mol. The Morgan fingerprint density at radius 3 is 1.20 bits per heavy atom. The summed E-state index contributed by atoms with van der Waals surface area (Å²) in [5, 5.41) is 22.0. The van der Waals surface area contributed by atoms with E-state index in [0.717, 1.165) is 51.7 Å². The van der Waals surface area contributed by atoms with Gasteiger partial charge in [-0.05, 0) is 238 Å². The zero-order chi connectivity index (χ0) is 95.6. The van der Waals surface area contributed by atoms with Gasteiger partial charge in [0.2, 0.25) is 0 Å². The van der Waals surface area contributed by atoms with Crippen molar-refractivity contribution in [1.29, 1.82) is 0 Å². The normalized spacial score (nSPS) is 11.7. The van der Waals surface area contributed by atoms with Crippen LogP contribution in [-0.2, 0) is 45.3 Å². The van der Waals surface area contributed by atoms with Gasteiger partial charge in [-0.3, -0.25) is 0 Å². The molecule has 0 aliphatic heterocycles. The first-order valence-corrected chi connectivity index (χ1v) is 51.2. The van der Waals surface area contributed by atoms with Gasteiger partial charge in [-0.15, -0.1) is 0 Å². The topological polar surface area (TPSA) is 14.8 Å². The van der Waals surface area contributed by atoms with E-state index < -0.39 is 0 Å². The quantitative estimate of drug-likeness (QED) is 0.167. The van der Waals surface area contributed by atoms with E-state index >= 15 is 0 Å². The maximum atomic E-state index is 2.55. The lowest BCUT2D eigenvalue weighted by atomic mass is 9.91. The highest BCUT2D eigenvalue weighted by molar-refractivity contribution is 6.29. The SMILES string of the molecule is CC.CC.CC.CC.CC.CC.CC.CC.CC.CC.CC.CC.CCC1c2ccccc2-c2c1ccc1c2-c2cc3ccccc3cc2C1.CCn1c2c3ccccc3ccc2c2c3c(c4ccccc4c21)Cc1ccccc1-3.CCn1c2ccccc2c2c3c(ccc21)Cc1c-3ccc2ccccc12.CCn1c2ccccc2c2c3c(ccc21)Cc1ccc2ccccc2c1-3. The maximum absolute atomic E-state index is 2.55. The fourth-order valence-electron chi connectivity index (χ4n) is 20.9. The maximum Gasteiger partial charge on any atom is 0.0577 e. The molecule has 20 aromatic rings. The fraction of sp³-hybridized carbons (Fsp3) is 0.287. The first-order valence-electron chi connectivity index (χ1n) is 51.2. The van der Waals surface area contributed by atoms with Crippen molar-refractivity contribution < 1.29 is 0 Å². The van der Waals surface area contributed by atoms with Crippen LogP contribution in [0.1, 0.15) is 262 Å². The van der Waals surface area contributed by atoms with Crippen LogP contribution in [0.3, 0.4) is 0 Å². The summed E-state index contributed by atoms with van der Waals surface area (Å²) in [5.41, 5.74) is 37.5. The van der Waals surface area contributed by atoms with Gasteiger partial charge in [0, 0.05) is 90.7 Å². The Balaban J connectivity index is 0.000000170. The standard InChI is InChI=1S/C29H21N.C26H20.2C25H19N.12C2H6/c1-2-30-28-21-12-6-3-9-18(21)15-16-24(28)27-26-20-11-5-4-10-19(20)17-25(26)22-13-7-8-14-23(22)29(27)30;1-2-20-21-9-5-6-10-22(21)26-23(20)12-11-18-14-19-13-16-7-3-4-8-17(16)15-24(19)25(18)26;1-2-26-22-10-6-5-9-20(22)25-23(26)14-12-17-15-21-18-8-4-3-7-16(18)11-13-19(21)24(17)25;1-2-26-21-10-6-5-9-20(21)25-22(26)14-13-18-15-17-12-11-16-7-3-4-8-19(16)23(17)24(18)25;12*1-2/h3-16H,2,17H2,1H3;3-13,15,20H,2,14H2,1H3;2*3-14H,2,15H2,1H3;12*1-2H3. The molecule has 0 fully saturated rings. The van der Waals surface area contributed by atoms with E-state index in [1.54, 1.807) is 0 Å². The van der Waals surface area contributed by atoms with Crippen LogP contribution in [0.15, 0.2) is 303 Å². The lowest BCUT2D eigenvalue weighted by Gasteiger charge is -2.13. The molecule has 0 N–H and O–H groups in total. The second-order valence-electron chi connectivity index (χ2n) is 30.5. The molecule has 5 aliphatic rings. The second kappa shape index (κ2) is 48.5. The molecule has 3 aromatic heterocycles. The summed E-state index contributed by atoms with van der Waals surface area (Å²) >= 11 is 0. The largest absolute Gasteiger partial charge is 0.341 e. The molecule has 17 aromatic carbocycles. The molecule has 0 amide bonds. The molecule has 0 spiro atoms. The molecule has 1 unspecified atom stereocenters. The Kier molecular flexibility index (Phi) is 37.4. The highest BCUT2D eigenvalue weighted by Crippen LogP contribution is 2.56. The average Bonchev–Trinajstić information content (AvgIpc) is 1.48. The predicted molar refractivity (Wildman–Crippen MR) is 596 cm³/mol.